The first-order valence-corrected chi connectivity index (χ1v) is 9.33. The van der Waals surface area contributed by atoms with Crippen LogP contribution in [0.5, 0.6) is 0 Å². The number of hydrogen-bond acceptors (Lipinski definition) is 3. The Kier molecular flexibility index (Phi) is 7.18. The highest BCUT2D eigenvalue weighted by Crippen LogP contribution is 2.21. The number of anilines is 1. The lowest BCUT2D eigenvalue weighted by Gasteiger charge is -2.25. The van der Waals surface area contributed by atoms with Crippen LogP contribution in [0.4, 0.5) is 5.69 Å². The molecule has 0 saturated heterocycles. The van der Waals surface area contributed by atoms with Crippen LogP contribution in [0.25, 0.3) is 0 Å². The largest absolute Gasteiger partial charge is 0.371 e. The Morgan fingerprint density at radius 3 is 2.00 bits per heavy atom. The van der Waals surface area contributed by atoms with Crippen molar-refractivity contribution in [1.29, 1.82) is 0 Å². The van der Waals surface area contributed by atoms with E-state index in [4.69, 9.17) is 4.55 Å². The molecule has 0 aliphatic rings. The normalized spacial score (nSPS) is 11.6. The molecule has 1 aromatic carbocycles. The van der Waals surface area contributed by atoms with E-state index in [2.05, 4.69) is 43.9 Å². The van der Waals surface area contributed by atoms with Gasteiger partial charge in [-0.1, -0.05) is 26.8 Å². The quantitative estimate of drug-likeness (QED) is 0.711. The highest BCUT2D eigenvalue weighted by Gasteiger charge is 2.10. The first-order chi connectivity index (χ1) is 9.89. The van der Waals surface area contributed by atoms with Crippen LogP contribution in [-0.2, 0) is 23.0 Å². The van der Waals surface area contributed by atoms with E-state index in [0.717, 1.165) is 31.5 Å². The van der Waals surface area contributed by atoms with Crippen molar-refractivity contribution >= 4 is 15.8 Å². The zero-order valence-corrected chi connectivity index (χ0v) is 14.1. The van der Waals surface area contributed by atoms with Crippen LogP contribution in [0.15, 0.2) is 18.2 Å². The van der Waals surface area contributed by atoms with Crippen LogP contribution in [0, 0.1) is 0 Å². The Hall–Kier alpha value is -1.07. The molecule has 0 saturated carbocycles. The molecule has 0 radical (unpaired) electrons. The van der Waals surface area contributed by atoms with E-state index in [1.807, 2.05) is 0 Å². The van der Waals surface area contributed by atoms with Crippen molar-refractivity contribution in [3.63, 3.8) is 0 Å². The maximum atomic E-state index is 10.8. The minimum Gasteiger partial charge on any atom is -0.371 e. The van der Waals surface area contributed by atoms with Crippen molar-refractivity contribution in [2.45, 2.75) is 46.5 Å². The summed E-state index contributed by atoms with van der Waals surface area (Å²) in [4.78, 5) is 2.21. The van der Waals surface area contributed by atoms with Gasteiger partial charge in [-0.2, -0.15) is 8.42 Å². The van der Waals surface area contributed by atoms with Gasteiger partial charge in [0.05, 0.1) is 5.75 Å². The van der Waals surface area contributed by atoms with Gasteiger partial charge in [0.25, 0.3) is 10.1 Å². The Labute approximate surface area is 128 Å². The summed E-state index contributed by atoms with van der Waals surface area (Å²) in [6, 6.07) is 6.59. The van der Waals surface area contributed by atoms with Gasteiger partial charge >= 0.3 is 0 Å². The molecule has 4 nitrogen and oxygen atoms in total. The van der Waals surface area contributed by atoms with Gasteiger partial charge in [0.2, 0.25) is 0 Å². The summed E-state index contributed by atoms with van der Waals surface area (Å²) in [6.07, 6.45) is 3.43. The van der Waals surface area contributed by atoms with Crippen LogP contribution >= 0.6 is 0 Å². The summed E-state index contributed by atoms with van der Waals surface area (Å²) in [5, 5.41) is 0. The lowest BCUT2D eigenvalue weighted by atomic mass is 10.0. The summed E-state index contributed by atoms with van der Waals surface area (Å²) in [6.45, 7) is 7.92. The first-order valence-electron chi connectivity index (χ1n) is 7.72. The third kappa shape index (κ3) is 6.48. The van der Waals surface area contributed by atoms with Crippen LogP contribution in [0.3, 0.4) is 0 Å². The molecule has 0 atom stereocenters. The fraction of sp³-hybridized carbons (Fsp3) is 0.625. The number of aryl methyl sites for hydroxylation is 2. The van der Waals surface area contributed by atoms with Crippen LogP contribution in [0.2, 0.25) is 0 Å². The van der Waals surface area contributed by atoms with E-state index < -0.39 is 10.1 Å². The number of rotatable bonds is 9. The summed E-state index contributed by atoms with van der Waals surface area (Å²) < 4.78 is 30.5. The summed E-state index contributed by atoms with van der Waals surface area (Å²) in [5.41, 5.74) is 3.77. The highest BCUT2D eigenvalue weighted by molar-refractivity contribution is 7.85. The molecule has 0 spiro atoms. The molecule has 1 rings (SSSR count). The first kappa shape index (κ1) is 18.0. The van der Waals surface area contributed by atoms with Gasteiger partial charge in [-0.3, -0.25) is 4.55 Å². The Morgan fingerprint density at radius 2 is 1.57 bits per heavy atom. The zero-order valence-electron chi connectivity index (χ0n) is 13.3. The number of hydrogen-bond donors (Lipinski definition) is 1. The van der Waals surface area contributed by atoms with E-state index in [9.17, 15) is 8.42 Å². The Balaban J connectivity index is 2.88. The summed E-state index contributed by atoms with van der Waals surface area (Å²) in [5.74, 6) is -0.179. The van der Waals surface area contributed by atoms with E-state index in [0.29, 0.717) is 13.0 Å². The molecule has 21 heavy (non-hydrogen) atoms. The summed E-state index contributed by atoms with van der Waals surface area (Å²) >= 11 is 0. The predicted octanol–water partition coefficient (Wildman–Crippen LogP) is 3.31. The van der Waals surface area contributed by atoms with Crippen LogP contribution in [-0.4, -0.2) is 31.8 Å². The average Bonchev–Trinajstić information content (AvgIpc) is 2.44. The Bertz CT molecular complexity index is 518. The van der Waals surface area contributed by atoms with Gasteiger partial charge < -0.3 is 4.90 Å². The molecular weight excluding hydrogens is 286 g/mol. The fourth-order valence-corrected chi connectivity index (χ4v) is 2.91. The van der Waals surface area contributed by atoms with Crippen molar-refractivity contribution < 1.29 is 13.0 Å². The fourth-order valence-electron chi connectivity index (χ4n) is 2.41. The molecule has 0 bridgehead atoms. The lowest BCUT2D eigenvalue weighted by molar-refractivity contribution is 0.481. The minimum atomic E-state index is -3.87. The second-order valence-electron chi connectivity index (χ2n) is 5.34. The smallest absolute Gasteiger partial charge is 0.264 e. The number of nitrogens with zero attached hydrogens (tertiary/aromatic N) is 1. The van der Waals surface area contributed by atoms with Gasteiger partial charge in [-0.25, -0.2) is 0 Å². The highest BCUT2D eigenvalue weighted by atomic mass is 32.2. The van der Waals surface area contributed by atoms with Crippen LogP contribution < -0.4 is 4.90 Å². The number of benzene rings is 1. The van der Waals surface area contributed by atoms with E-state index >= 15 is 0 Å². The maximum Gasteiger partial charge on any atom is 0.264 e. The van der Waals surface area contributed by atoms with Crippen molar-refractivity contribution in [3.05, 3.63) is 29.3 Å². The standard InChI is InChI=1S/C16H27NO3S/c1-4-8-17(9-7-10-21(18,19)20)16-12-14(5-2)11-15(6-3)13-16/h11-13H,4-10H2,1-3H3,(H,18,19,20). The SMILES string of the molecule is CCCN(CCCS(=O)(=O)O)c1cc(CC)cc(CC)c1. The van der Waals surface area contributed by atoms with Gasteiger partial charge in [-0.15, -0.1) is 0 Å². The van der Waals surface area contributed by atoms with Gasteiger partial charge in [0.1, 0.15) is 0 Å². The van der Waals surface area contributed by atoms with Gasteiger partial charge in [-0.05, 0) is 48.9 Å². The third-order valence-electron chi connectivity index (χ3n) is 3.54. The van der Waals surface area contributed by atoms with Crippen molar-refractivity contribution in [2.75, 3.05) is 23.7 Å². The van der Waals surface area contributed by atoms with Crippen LogP contribution in [0.1, 0.15) is 44.7 Å². The summed E-state index contributed by atoms with van der Waals surface area (Å²) in [7, 11) is -3.87. The minimum absolute atomic E-state index is 0.179. The van der Waals surface area contributed by atoms with Crippen molar-refractivity contribution in [2.24, 2.45) is 0 Å². The lowest BCUT2D eigenvalue weighted by Crippen LogP contribution is -2.27. The monoisotopic (exact) mass is 313 g/mol. The van der Waals surface area contributed by atoms with Crippen molar-refractivity contribution in [1.82, 2.24) is 0 Å². The molecule has 1 aromatic rings. The average molecular weight is 313 g/mol. The molecule has 120 valence electrons. The molecule has 0 aliphatic heterocycles. The van der Waals surface area contributed by atoms with Gasteiger partial charge in [0.15, 0.2) is 0 Å². The maximum absolute atomic E-state index is 10.8. The molecule has 0 heterocycles. The topological polar surface area (TPSA) is 57.6 Å². The van der Waals surface area contributed by atoms with Gasteiger partial charge in [0, 0.05) is 18.8 Å². The molecular formula is C16H27NO3S. The molecule has 0 aliphatic carbocycles. The van der Waals surface area contributed by atoms with E-state index in [-0.39, 0.29) is 5.75 Å². The predicted molar refractivity (Wildman–Crippen MR) is 88.7 cm³/mol. The zero-order chi connectivity index (χ0) is 15.9. The van der Waals surface area contributed by atoms with E-state index in [1.54, 1.807) is 0 Å². The molecule has 1 N–H and O–H groups in total. The van der Waals surface area contributed by atoms with E-state index in [1.165, 1.54) is 11.1 Å². The second kappa shape index (κ2) is 8.39. The molecule has 5 heteroatoms. The van der Waals surface area contributed by atoms with Crippen molar-refractivity contribution in [3.8, 4) is 0 Å². The Morgan fingerprint density at radius 1 is 1.00 bits per heavy atom. The molecule has 0 unspecified atom stereocenters. The second-order valence-corrected chi connectivity index (χ2v) is 6.91. The third-order valence-corrected chi connectivity index (χ3v) is 4.35. The molecule has 0 aromatic heterocycles. The molecule has 0 amide bonds. The molecule has 0 fully saturated rings.